The standard InChI is InChI=1S/C13H20FN3O/c1-9(2)17(6-3-7-18)12-5-4-10(14)8-11(12)13(15)16/h4-5,8-9,18H,3,6-7H2,1-2H3,(H3,15,16). The van der Waals surface area contributed by atoms with Gasteiger partial charge in [-0.25, -0.2) is 4.39 Å². The number of benzene rings is 1. The molecule has 0 aliphatic carbocycles. The number of nitrogens with two attached hydrogens (primary N) is 1. The zero-order chi connectivity index (χ0) is 13.7. The highest BCUT2D eigenvalue weighted by molar-refractivity contribution is 6.00. The third-order valence-electron chi connectivity index (χ3n) is 2.74. The van der Waals surface area contributed by atoms with Gasteiger partial charge in [-0.1, -0.05) is 0 Å². The van der Waals surface area contributed by atoms with E-state index in [-0.39, 0.29) is 18.5 Å². The summed E-state index contributed by atoms with van der Waals surface area (Å²) in [6, 6.07) is 4.44. The van der Waals surface area contributed by atoms with Gasteiger partial charge in [-0.2, -0.15) is 0 Å². The molecule has 0 saturated carbocycles. The van der Waals surface area contributed by atoms with Crippen LogP contribution in [0, 0.1) is 11.2 Å². The molecular formula is C13H20FN3O. The van der Waals surface area contributed by atoms with E-state index in [1.807, 2.05) is 18.7 Å². The largest absolute Gasteiger partial charge is 0.396 e. The van der Waals surface area contributed by atoms with E-state index in [1.54, 1.807) is 6.07 Å². The molecule has 0 atom stereocenters. The van der Waals surface area contributed by atoms with Crippen molar-refractivity contribution in [1.82, 2.24) is 0 Å². The van der Waals surface area contributed by atoms with Gasteiger partial charge in [-0.15, -0.1) is 0 Å². The number of nitrogen functional groups attached to an aromatic ring is 1. The average Bonchev–Trinajstić information content (AvgIpc) is 2.30. The molecule has 0 bridgehead atoms. The molecule has 0 unspecified atom stereocenters. The normalized spacial score (nSPS) is 10.7. The van der Waals surface area contributed by atoms with Crippen molar-refractivity contribution in [2.24, 2.45) is 5.73 Å². The second-order valence-corrected chi connectivity index (χ2v) is 4.44. The molecule has 0 spiro atoms. The summed E-state index contributed by atoms with van der Waals surface area (Å²) in [6.07, 6.45) is 0.618. The molecule has 100 valence electrons. The molecule has 0 heterocycles. The molecular weight excluding hydrogens is 233 g/mol. The third kappa shape index (κ3) is 3.43. The average molecular weight is 253 g/mol. The van der Waals surface area contributed by atoms with Gasteiger partial charge in [-0.05, 0) is 38.5 Å². The Morgan fingerprint density at radius 2 is 2.17 bits per heavy atom. The SMILES string of the molecule is CC(C)N(CCCO)c1ccc(F)cc1C(=N)N. The molecule has 0 saturated heterocycles. The Bertz CT molecular complexity index is 421. The second kappa shape index (κ2) is 6.35. The van der Waals surface area contributed by atoms with Crippen LogP contribution in [-0.2, 0) is 0 Å². The predicted octanol–water partition coefficient (Wildman–Crippen LogP) is 1.71. The van der Waals surface area contributed by atoms with Crippen molar-refractivity contribution in [3.63, 3.8) is 0 Å². The highest BCUT2D eigenvalue weighted by Gasteiger charge is 2.16. The Hall–Kier alpha value is -1.62. The van der Waals surface area contributed by atoms with E-state index in [1.165, 1.54) is 12.1 Å². The van der Waals surface area contributed by atoms with Gasteiger partial charge in [0, 0.05) is 30.4 Å². The molecule has 0 aromatic heterocycles. The summed E-state index contributed by atoms with van der Waals surface area (Å²) < 4.78 is 13.2. The van der Waals surface area contributed by atoms with Crippen LogP contribution in [0.4, 0.5) is 10.1 Å². The molecule has 5 heteroatoms. The van der Waals surface area contributed by atoms with Crippen molar-refractivity contribution < 1.29 is 9.50 Å². The monoisotopic (exact) mass is 253 g/mol. The Morgan fingerprint density at radius 1 is 1.50 bits per heavy atom. The first-order valence-electron chi connectivity index (χ1n) is 5.98. The first-order chi connectivity index (χ1) is 8.47. The number of halogens is 1. The number of anilines is 1. The number of aliphatic hydroxyl groups excluding tert-OH is 1. The molecule has 0 aliphatic rings. The molecule has 0 amide bonds. The van der Waals surface area contributed by atoms with Gasteiger partial charge in [-0.3, -0.25) is 5.41 Å². The predicted molar refractivity (Wildman–Crippen MR) is 71.6 cm³/mol. The quantitative estimate of drug-likeness (QED) is 0.533. The van der Waals surface area contributed by atoms with Gasteiger partial charge in [0.05, 0.1) is 0 Å². The van der Waals surface area contributed by atoms with Gasteiger partial charge >= 0.3 is 0 Å². The van der Waals surface area contributed by atoms with Crippen LogP contribution in [0.15, 0.2) is 18.2 Å². The van der Waals surface area contributed by atoms with E-state index in [0.29, 0.717) is 18.5 Å². The molecule has 0 radical (unpaired) electrons. The number of rotatable bonds is 6. The molecule has 4 nitrogen and oxygen atoms in total. The lowest BCUT2D eigenvalue weighted by Gasteiger charge is -2.30. The summed E-state index contributed by atoms with van der Waals surface area (Å²) in [4.78, 5) is 2.01. The summed E-state index contributed by atoms with van der Waals surface area (Å²) in [6.45, 7) is 4.75. The fourth-order valence-corrected chi connectivity index (χ4v) is 1.87. The van der Waals surface area contributed by atoms with Crippen molar-refractivity contribution in [3.8, 4) is 0 Å². The van der Waals surface area contributed by atoms with Crippen molar-refractivity contribution >= 4 is 11.5 Å². The van der Waals surface area contributed by atoms with E-state index < -0.39 is 5.82 Å². The smallest absolute Gasteiger partial charge is 0.125 e. The van der Waals surface area contributed by atoms with Crippen molar-refractivity contribution in [3.05, 3.63) is 29.6 Å². The first-order valence-corrected chi connectivity index (χ1v) is 5.98. The minimum absolute atomic E-state index is 0.0970. The fraction of sp³-hybridized carbons (Fsp3) is 0.462. The topological polar surface area (TPSA) is 73.3 Å². The van der Waals surface area contributed by atoms with Gasteiger partial charge in [0.25, 0.3) is 0 Å². The van der Waals surface area contributed by atoms with Gasteiger partial charge in [0.2, 0.25) is 0 Å². The minimum atomic E-state index is -0.408. The Balaban J connectivity index is 3.14. The lowest BCUT2D eigenvalue weighted by atomic mass is 10.1. The van der Waals surface area contributed by atoms with Gasteiger partial charge in [0.1, 0.15) is 11.7 Å². The maximum absolute atomic E-state index is 13.2. The Morgan fingerprint density at radius 3 is 2.67 bits per heavy atom. The van der Waals surface area contributed by atoms with E-state index in [4.69, 9.17) is 16.2 Å². The molecule has 18 heavy (non-hydrogen) atoms. The molecule has 1 rings (SSSR count). The number of hydrogen-bond acceptors (Lipinski definition) is 3. The molecule has 0 fully saturated rings. The van der Waals surface area contributed by atoms with E-state index >= 15 is 0 Å². The summed E-state index contributed by atoms with van der Waals surface area (Å²) in [5, 5.41) is 16.4. The molecule has 1 aromatic carbocycles. The maximum Gasteiger partial charge on any atom is 0.125 e. The molecule has 0 aliphatic heterocycles. The summed E-state index contributed by atoms with van der Waals surface area (Å²) in [5.74, 6) is -0.561. The van der Waals surface area contributed by atoms with Crippen molar-refractivity contribution in [2.45, 2.75) is 26.3 Å². The van der Waals surface area contributed by atoms with Crippen LogP contribution in [0.1, 0.15) is 25.8 Å². The summed E-state index contributed by atoms with van der Waals surface area (Å²) >= 11 is 0. The van der Waals surface area contributed by atoms with Crippen LogP contribution in [0.3, 0.4) is 0 Å². The van der Waals surface area contributed by atoms with Crippen LogP contribution >= 0.6 is 0 Å². The van der Waals surface area contributed by atoms with Gasteiger partial charge < -0.3 is 15.7 Å². The zero-order valence-electron chi connectivity index (χ0n) is 10.8. The number of nitrogens with zero attached hydrogens (tertiary/aromatic N) is 1. The Labute approximate surface area is 107 Å². The third-order valence-corrected chi connectivity index (χ3v) is 2.74. The fourth-order valence-electron chi connectivity index (χ4n) is 1.87. The van der Waals surface area contributed by atoms with Crippen LogP contribution < -0.4 is 10.6 Å². The van der Waals surface area contributed by atoms with Crippen LogP contribution in [-0.4, -0.2) is 30.1 Å². The molecule has 1 aromatic rings. The van der Waals surface area contributed by atoms with Gasteiger partial charge in [0.15, 0.2) is 0 Å². The van der Waals surface area contributed by atoms with Crippen molar-refractivity contribution in [1.29, 1.82) is 5.41 Å². The number of amidine groups is 1. The van der Waals surface area contributed by atoms with Crippen molar-refractivity contribution in [2.75, 3.05) is 18.1 Å². The van der Waals surface area contributed by atoms with Crippen LogP contribution in [0.5, 0.6) is 0 Å². The number of nitrogens with one attached hydrogen (secondary N) is 1. The zero-order valence-corrected chi connectivity index (χ0v) is 10.8. The second-order valence-electron chi connectivity index (χ2n) is 4.44. The molecule has 4 N–H and O–H groups in total. The lowest BCUT2D eigenvalue weighted by Crippen LogP contribution is -2.34. The number of hydrogen-bond donors (Lipinski definition) is 3. The lowest BCUT2D eigenvalue weighted by molar-refractivity contribution is 0.288. The van der Waals surface area contributed by atoms with Crippen LogP contribution in [0.25, 0.3) is 0 Å². The number of aliphatic hydroxyl groups is 1. The minimum Gasteiger partial charge on any atom is -0.396 e. The van der Waals surface area contributed by atoms with Crippen LogP contribution in [0.2, 0.25) is 0 Å². The first kappa shape index (κ1) is 14.4. The highest BCUT2D eigenvalue weighted by Crippen LogP contribution is 2.23. The van der Waals surface area contributed by atoms with E-state index in [2.05, 4.69) is 0 Å². The van der Waals surface area contributed by atoms with E-state index in [9.17, 15) is 4.39 Å². The highest BCUT2D eigenvalue weighted by atomic mass is 19.1. The van der Waals surface area contributed by atoms with E-state index in [0.717, 1.165) is 5.69 Å². The summed E-state index contributed by atoms with van der Waals surface area (Å²) in [5.41, 5.74) is 6.61. The summed E-state index contributed by atoms with van der Waals surface area (Å²) in [7, 11) is 0. The Kier molecular flexibility index (Phi) is 5.09. The maximum atomic E-state index is 13.2.